The van der Waals surface area contributed by atoms with Gasteiger partial charge in [-0.25, -0.2) is 4.79 Å². The number of nitrogens with one attached hydrogen (secondary N) is 1. The summed E-state index contributed by atoms with van der Waals surface area (Å²) in [5.74, 6) is -0.885. The minimum absolute atomic E-state index is 0.156. The summed E-state index contributed by atoms with van der Waals surface area (Å²) < 4.78 is 5.77. The van der Waals surface area contributed by atoms with Crippen molar-refractivity contribution in [1.82, 2.24) is 5.32 Å². The predicted molar refractivity (Wildman–Crippen MR) is 146 cm³/mol. The summed E-state index contributed by atoms with van der Waals surface area (Å²) in [5, 5.41) is 12.9. The molecule has 4 aromatic carbocycles. The third kappa shape index (κ3) is 7.82. The first-order valence-electron chi connectivity index (χ1n) is 11.8. The number of aliphatic carboxylic acids is 1. The summed E-state index contributed by atoms with van der Waals surface area (Å²) in [5.41, 5.74) is 4.73. The van der Waals surface area contributed by atoms with Crippen LogP contribution in [0.5, 0.6) is 5.75 Å². The van der Waals surface area contributed by atoms with Gasteiger partial charge in [0.15, 0.2) is 0 Å². The van der Waals surface area contributed by atoms with Gasteiger partial charge in [0.1, 0.15) is 18.4 Å². The lowest BCUT2D eigenvalue weighted by Gasteiger charge is -2.14. The molecule has 0 radical (unpaired) electrons. The first kappa shape index (κ1) is 25.7. The molecule has 1 atom stereocenters. The number of rotatable bonds is 10. The van der Waals surface area contributed by atoms with Crippen molar-refractivity contribution < 1.29 is 19.4 Å². The molecule has 0 spiro atoms. The van der Waals surface area contributed by atoms with Gasteiger partial charge in [-0.2, -0.15) is 0 Å². The highest BCUT2D eigenvalue weighted by Crippen LogP contribution is 2.22. The molecule has 2 N–H and O–H groups in total. The number of amides is 1. The van der Waals surface area contributed by atoms with E-state index in [4.69, 9.17) is 16.3 Å². The second kappa shape index (κ2) is 12.6. The molecular weight excluding hydrogens is 486 g/mol. The maximum absolute atomic E-state index is 12.4. The molecule has 186 valence electrons. The SMILES string of the molecule is O=C(C=Cc1ccc(-c2ccc(Cl)cc2)cc1)NC(Cc1ccc(OCc2ccccc2)cc1)C(=O)O. The Labute approximate surface area is 221 Å². The van der Waals surface area contributed by atoms with E-state index < -0.39 is 17.9 Å². The Morgan fingerprint density at radius 2 is 1.43 bits per heavy atom. The van der Waals surface area contributed by atoms with E-state index in [0.29, 0.717) is 17.4 Å². The van der Waals surface area contributed by atoms with Crippen molar-refractivity contribution in [2.45, 2.75) is 19.1 Å². The zero-order valence-corrected chi connectivity index (χ0v) is 20.8. The van der Waals surface area contributed by atoms with E-state index >= 15 is 0 Å². The van der Waals surface area contributed by atoms with Crippen molar-refractivity contribution in [3.05, 3.63) is 131 Å². The molecule has 4 rings (SSSR count). The number of halogens is 1. The number of hydrogen-bond acceptors (Lipinski definition) is 3. The number of carboxylic acids is 1. The maximum Gasteiger partial charge on any atom is 0.326 e. The Balaban J connectivity index is 1.30. The van der Waals surface area contributed by atoms with Gasteiger partial charge in [-0.1, -0.05) is 90.5 Å². The quantitative estimate of drug-likeness (QED) is 0.241. The Morgan fingerprint density at radius 3 is 2.05 bits per heavy atom. The molecule has 0 aliphatic rings. The van der Waals surface area contributed by atoms with Crippen molar-refractivity contribution in [2.24, 2.45) is 0 Å². The van der Waals surface area contributed by atoms with Crippen molar-refractivity contribution >= 4 is 29.6 Å². The monoisotopic (exact) mass is 511 g/mol. The van der Waals surface area contributed by atoms with Gasteiger partial charge in [0.05, 0.1) is 0 Å². The number of benzene rings is 4. The van der Waals surface area contributed by atoms with Gasteiger partial charge in [-0.05, 0) is 58.2 Å². The van der Waals surface area contributed by atoms with Crippen LogP contribution in [-0.2, 0) is 22.6 Å². The minimum atomic E-state index is -1.10. The Kier molecular flexibility index (Phi) is 8.74. The molecule has 5 nitrogen and oxygen atoms in total. The van der Waals surface area contributed by atoms with E-state index in [1.165, 1.54) is 6.08 Å². The van der Waals surface area contributed by atoms with E-state index in [-0.39, 0.29) is 6.42 Å². The maximum atomic E-state index is 12.4. The Bertz CT molecular complexity index is 1350. The average Bonchev–Trinajstić information content (AvgIpc) is 2.92. The molecule has 4 aromatic rings. The molecule has 37 heavy (non-hydrogen) atoms. The van der Waals surface area contributed by atoms with Gasteiger partial charge >= 0.3 is 5.97 Å². The van der Waals surface area contributed by atoms with E-state index in [0.717, 1.165) is 27.8 Å². The highest BCUT2D eigenvalue weighted by Gasteiger charge is 2.19. The molecule has 0 aliphatic heterocycles. The van der Waals surface area contributed by atoms with Gasteiger partial charge in [0, 0.05) is 17.5 Å². The molecule has 0 aliphatic carbocycles. The fourth-order valence-electron chi connectivity index (χ4n) is 3.72. The second-order valence-electron chi connectivity index (χ2n) is 8.48. The lowest BCUT2D eigenvalue weighted by Crippen LogP contribution is -2.41. The fraction of sp³-hybridized carbons (Fsp3) is 0.0968. The summed E-state index contributed by atoms with van der Waals surface area (Å²) in [6, 6.07) is 31.2. The van der Waals surface area contributed by atoms with E-state index in [9.17, 15) is 14.7 Å². The van der Waals surface area contributed by atoms with Crippen LogP contribution in [0.1, 0.15) is 16.7 Å². The number of carbonyl (C=O) groups is 2. The van der Waals surface area contributed by atoms with Gasteiger partial charge in [-0.3, -0.25) is 4.79 Å². The van der Waals surface area contributed by atoms with Gasteiger partial charge in [-0.15, -0.1) is 0 Å². The Morgan fingerprint density at radius 1 is 0.811 bits per heavy atom. The van der Waals surface area contributed by atoms with Crippen LogP contribution in [0.3, 0.4) is 0 Å². The van der Waals surface area contributed by atoms with Gasteiger partial charge in [0.25, 0.3) is 0 Å². The van der Waals surface area contributed by atoms with Crippen LogP contribution in [-0.4, -0.2) is 23.0 Å². The molecular formula is C31H26ClNO4. The number of carbonyl (C=O) groups excluding carboxylic acids is 1. The first-order chi connectivity index (χ1) is 18.0. The average molecular weight is 512 g/mol. The van der Waals surface area contributed by atoms with Crippen LogP contribution in [0.15, 0.2) is 109 Å². The van der Waals surface area contributed by atoms with E-state index in [1.54, 1.807) is 30.3 Å². The molecule has 0 heterocycles. The zero-order chi connectivity index (χ0) is 26.0. The van der Waals surface area contributed by atoms with Crippen LogP contribution in [0, 0.1) is 0 Å². The smallest absolute Gasteiger partial charge is 0.326 e. The summed E-state index contributed by atoms with van der Waals surface area (Å²) in [7, 11) is 0. The molecule has 6 heteroatoms. The molecule has 1 amide bonds. The summed E-state index contributed by atoms with van der Waals surface area (Å²) >= 11 is 5.94. The topological polar surface area (TPSA) is 75.6 Å². The third-order valence-electron chi connectivity index (χ3n) is 5.74. The van der Waals surface area contributed by atoms with Crippen molar-refractivity contribution in [3.63, 3.8) is 0 Å². The first-order valence-corrected chi connectivity index (χ1v) is 12.2. The van der Waals surface area contributed by atoms with Crippen molar-refractivity contribution in [1.29, 1.82) is 0 Å². The molecule has 0 saturated carbocycles. The van der Waals surface area contributed by atoms with Crippen molar-refractivity contribution in [3.8, 4) is 16.9 Å². The lowest BCUT2D eigenvalue weighted by atomic mass is 10.0. The zero-order valence-electron chi connectivity index (χ0n) is 20.0. The number of ether oxygens (including phenoxy) is 1. The fourth-order valence-corrected chi connectivity index (χ4v) is 3.85. The minimum Gasteiger partial charge on any atom is -0.489 e. The summed E-state index contributed by atoms with van der Waals surface area (Å²) in [4.78, 5) is 24.2. The summed E-state index contributed by atoms with van der Waals surface area (Å²) in [6.45, 7) is 0.449. The van der Waals surface area contributed by atoms with Crippen LogP contribution in [0.2, 0.25) is 5.02 Å². The predicted octanol–water partition coefficient (Wildman–Crippen LogP) is 6.41. The molecule has 1 unspecified atom stereocenters. The number of carboxylic acid groups (broad SMARTS) is 1. The third-order valence-corrected chi connectivity index (χ3v) is 5.99. The van der Waals surface area contributed by atoms with E-state index in [2.05, 4.69) is 5.32 Å². The van der Waals surface area contributed by atoms with Crippen LogP contribution in [0.25, 0.3) is 17.2 Å². The summed E-state index contributed by atoms with van der Waals surface area (Å²) in [6.07, 6.45) is 3.15. The van der Waals surface area contributed by atoms with Crippen molar-refractivity contribution in [2.75, 3.05) is 0 Å². The molecule has 0 fully saturated rings. The second-order valence-corrected chi connectivity index (χ2v) is 8.92. The largest absolute Gasteiger partial charge is 0.489 e. The normalized spacial score (nSPS) is 11.7. The lowest BCUT2D eigenvalue weighted by molar-refractivity contribution is -0.141. The van der Waals surface area contributed by atoms with Crippen LogP contribution in [0.4, 0.5) is 0 Å². The Hall–Kier alpha value is -4.35. The molecule has 0 aromatic heterocycles. The number of hydrogen-bond donors (Lipinski definition) is 2. The molecule has 0 saturated heterocycles. The standard InChI is InChI=1S/C31H26ClNO4/c32-27-15-13-26(14-16-27)25-11-6-22(7-12-25)10-19-30(34)33-29(31(35)36)20-23-8-17-28(18-9-23)37-21-24-4-2-1-3-5-24/h1-19,29H,20-21H2,(H,33,34)(H,35,36). The highest BCUT2D eigenvalue weighted by molar-refractivity contribution is 6.30. The molecule has 0 bridgehead atoms. The van der Waals surface area contributed by atoms with E-state index in [1.807, 2.05) is 78.9 Å². The van der Waals surface area contributed by atoms with Gasteiger partial charge in [0.2, 0.25) is 5.91 Å². The van der Waals surface area contributed by atoms with Crippen LogP contribution < -0.4 is 10.1 Å². The van der Waals surface area contributed by atoms with Crippen LogP contribution >= 0.6 is 11.6 Å². The van der Waals surface area contributed by atoms with Gasteiger partial charge < -0.3 is 15.2 Å². The highest BCUT2D eigenvalue weighted by atomic mass is 35.5.